The van der Waals surface area contributed by atoms with E-state index in [2.05, 4.69) is 5.32 Å². The van der Waals surface area contributed by atoms with Crippen LogP contribution in [0.1, 0.15) is 12.0 Å². The maximum atomic E-state index is 11.8. The molecule has 1 heterocycles. The summed E-state index contributed by atoms with van der Waals surface area (Å²) in [6, 6.07) is 4.95. The van der Waals surface area contributed by atoms with Crippen molar-refractivity contribution in [2.24, 2.45) is 5.73 Å². The molecule has 7 nitrogen and oxygen atoms in total. The number of hydrogen-bond acceptors (Lipinski definition) is 4. The topological polar surface area (TPSA) is 113 Å². The molecular weight excluding hydrogens is 250 g/mol. The number of carboxylic acid groups (broad SMARTS) is 1. The fourth-order valence-corrected chi connectivity index (χ4v) is 1.78. The number of hydrogen-bond donors (Lipinski definition) is 3. The van der Waals surface area contributed by atoms with Gasteiger partial charge in [-0.15, -0.1) is 0 Å². The maximum Gasteiger partial charge on any atom is 0.329 e. The number of nitrogens with zero attached hydrogens (tertiary/aromatic N) is 1. The number of benzene rings is 1. The number of likely N-dealkylation sites (tertiary alicyclic amines) is 1. The molecule has 1 aliphatic rings. The van der Waals surface area contributed by atoms with Crippen molar-refractivity contribution < 1.29 is 19.5 Å². The number of carbonyl (C=O) groups excluding carboxylic acids is 2. The van der Waals surface area contributed by atoms with Gasteiger partial charge in [-0.1, -0.05) is 12.1 Å². The number of nitrogens with one attached hydrogen (secondary N) is 1. The van der Waals surface area contributed by atoms with E-state index in [0.717, 1.165) is 5.56 Å². The molecule has 100 valence electrons. The van der Waals surface area contributed by atoms with E-state index in [4.69, 9.17) is 10.8 Å². The highest BCUT2D eigenvalue weighted by atomic mass is 16.4. The number of anilines is 1. The highest BCUT2D eigenvalue weighted by Crippen LogP contribution is 2.21. The van der Waals surface area contributed by atoms with Gasteiger partial charge in [0.05, 0.1) is 6.42 Å². The molecule has 0 radical (unpaired) electrons. The van der Waals surface area contributed by atoms with Gasteiger partial charge in [0.1, 0.15) is 6.04 Å². The van der Waals surface area contributed by atoms with Crippen LogP contribution in [-0.4, -0.2) is 34.0 Å². The van der Waals surface area contributed by atoms with Crippen molar-refractivity contribution in [3.63, 3.8) is 0 Å². The SMILES string of the molecule is NCc1ccc(NC(=O)N2C(=O)C[C@@H]2C(=O)O)cc1. The zero-order chi connectivity index (χ0) is 14.0. The quantitative estimate of drug-likeness (QED) is 0.681. The summed E-state index contributed by atoms with van der Waals surface area (Å²) < 4.78 is 0. The van der Waals surface area contributed by atoms with E-state index in [1.165, 1.54) is 0 Å². The van der Waals surface area contributed by atoms with Crippen LogP contribution in [0.25, 0.3) is 0 Å². The smallest absolute Gasteiger partial charge is 0.329 e. The molecule has 0 spiro atoms. The average Bonchev–Trinajstić information content (AvgIpc) is 2.36. The standard InChI is InChI=1S/C12H13N3O4/c13-6-7-1-3-8(4-2-7)14-12(19)15-9(11(17)18)5-10(15)16/h1-4,9H,5-6,13H2,(H,14,19)(H,17,18)/t9-/m1/s1. The Hall–Kier alpha value is -2.41. The fraction of sp³-hybridized carbons (Fsp3) is 0.250. The summed E-state index contributed by atoms with van der Waals surface area (Å²) in [5.74, 6) is -1.68. The molecule has 1 aromatic carbocycles. The number of aliphatic carboxylic acids is 1. The van der Waals surface area contributed by atoms with Crippen molar-refractivity contribution in [1.82, 2.24) is 4.90 Å². The first-order chi connectivity index (χ1) is 9.02. The third kappa shape index (κ3) is 2.55. The molecule has 1 atom stereocenters. The highest BCUT2D eigenvalue weighted by molar-refractivity contribution is 6.09. The van der Waals surface area contributed by atoms with Crippen LogP contribution >= 0.6 is 0 Å². The number of imide groups is 1. The minimum atomic E-state index is -1.19. The van der Waals surface area contributed by atoms with Crippen LogP contribution in [-0.2, 0) is 16.1 Å². The Morgan fingerprint density at radius 3 is 2.47 bits per heavy atom. The Labute approximate surface area is 109 Å². The number of urea groups is 1. The Kier molecular flexibility index (Phi) is 3.48. The van der Waals surface area contributed by atoms with Crippen LogP contribution in [0.4, 0.5) is 10.5 Å². The molecule has 0 saturated carbocycles. The van der Waals surface area contributed by atoms with Crippen molar-refractivity contribution in [3.05, 3.63) is 29.8 Å². The van der Waals surface area contributed by atoms with Crippen molar-refractivity contribution in [3.8, 4) is 0 Å². The zero-order valence-electron chi connectivity index (χ0n) is 10.00. The van der Waals surface area contributed by atoms with Gasteiger partial charge in [0.2, 0.25) is 5.91 Å². The summed E-state index contributed by atoms with van der Waals surface area (Å²) in [6.45, 7) is 0.389. The lowest BCUT2D eigenvalue weighted by molar-refractivity contribution is -0.157. The van der Waals surface area contributed by atoms with Crippen molar-refractivity contribution in [2.75, 3.05) is 5.32 Å². The van der Waals surface area contributed by atoms with Crippen molar-refractivity contribution >= 4 is 23.6 Å². The summed E-state index contributed by atoms with van der Waals surface area (Å²) in [7, 11) is 0. The number of amides is 3. The summed E-state index contributed by atoms with van der Waals surface area (Å²) in [4.78, 5) is 34.5. The summed E-state index contributed by atoms with van der Waals surface area (Å²) in [5, 5.41) is 11.3. The number of carboxylic acids is 1. The maximum absolute atomic E-state index is 11.8. The Morgan fingerprint density at radius 1 is 1.37 bits per heavy atom. The minimum absolute atomic E-state index is 0.144. The minimum Gasteiger partial charge on any atom is -0.480 e. The zero-order valence-corrected chi connectivity index (χ0v) is 10.00. The number of carbonyl (C=O) groups is 3. The van der Waals surface area contributed by atoms with Gasteiger partial charge in [-0.05, 0) is 17.7 Å². The first-order valence-electron chi connectivity index (χ1n) is 5.68. The second kappa shape index (κ2) is 5.07. The van der Waals surface area contributed by atoms with Gasteiger partial charge in [0, 0.05) is 12.2 Å². The molecule has 1 saturated heterocycles. The molecule has 0 unspecified atom stereocenters. The van der Waals surface area contributed by atoms with Gasteiger partial charge < -0.3 is 16.2 Å². The van der Waals surface area contributed by atoms with Crippen LogP contribution in [0.5, 0.6) is 0 Å². The highest BCUT2D eigenvalue weighted by Gasteiger charge is 2.45. The van der Waals surface area contributed by atoms with E-state index in [1.807, 2.05) is 0 Å². The van der Waals surface area contributed by atoms with E-state index in [-0.39, 0.29) is 6.42 Å². The van der Waals surface area contributed by atoms with Crippen molar-refractivity contribution in [2.45, 2.75) is 19.0 Å². The molecule has 4 N–H and O–H groups in total. The van der Waals surface area contributed by atoms with Gasteiger partial charge in [0.15, 0.2) is 0 Å². The molecule has 0 aromatic heterocycles. The van der Waals surface area contributed by atoms with Crippen molar-refractivity contribution in [1.29, 1.82) is 0 Å². The molecule has 2 rings (SSSR count). The van der Waals surface area contributed by atoms with Gasteiger partial charge in [0.25, 0.3) is 0 Å². The van der Waals surface area contributed by atoms with Gasteiger partial charge in [-0.3, -0.25) is 4.79 Å². The lowest BCUT2D eigenvalue weighted by atomic mass is 10.0. The van der Waals surface area contributed by atoms with Crippen LogP contribution in [0.2, 0.25) is 0 Å². The largest absolute Gasteiger partial charge is 0.480 e. The molecule has 19 heavy (non-hydrogen) atoms. The van der Waals surface area contributed by atoms with Crippen LogP contribution < -0.4 is 11.1 Å². The van der Waals surface area contributed by atoms with E-state index in [9.17, 15) is 14.4 Å². The second-order valence-electron chi connectivity index (χ2n) is 4.15. The molecular formula is C12H13N3O4. The van der Waals surface area contributed by atoms with Gasteiger partial charge >= 0.3 is 12.0 Å². The lowest BCUT2D eigenvalue weighted by Gasteiger charge is -2.35. The first-order valence-corrected chi connectivity index (χ1v) is 5.68. The number of β-lactam (4-membered cyclic amide) rings is 1. The Bertz CT molecular complexity index is 526. The average molecular weight is 263 g/mol. The summed E-state index contributed by atoms with van der Waals surface area (Å²) in [6.07, 6.45) is -0.144. The third-order valence-corrected chi connectivity index (χ3v) is 2.89. The number of rotatable bonds is 3. The molecule has 0 aliphatic carbocycles. The monoisotopic (exact) mass is 263 g/mol. The first kappa shape index (κ1) is 13.0. The van der Waals surface area contributed by atoms with Crippen LogP contribution in [0, 0.1) is 0 Å². The molecule has 3 amide bonds. The Balaban J connectivity index is 2.04. The fourth-order valence-electron chi connectivity index (χ4n) is 1.78. The molecule has 1 aliphatic heterocycles. The molecule has 1 fully saturated rings. The second-order valence-corrected chi connectivity index (χ2v) is 4.15. The lowest BCUT2D eigenvalue weighted by Crippen LogP contribution is -2.60. The Morgan fingerprint density at radius 2 is 2.00 bits per heavy atom. The molecule has 7 heteroatoms. The summed E-state index contributed by atoms with van der Waals surface area (Å²) in [5.41, 5.74) is 6.83. The summed E-state index contributed by atoms with van der Waals surface area (Å²) >= 11 is 0. The van der Waals surface area contributed by atoms with E-state index in [0.29, 0.717) is 17.1 Å². The van der Waals surface area contributed by atoms with E-state index < -0.39 is 23.9 Å². The van der Waals surface area contributed by atoms with E-state index in [1.54, 1.807) is 24.3 Å². The predicted octanol–water partition coefficient (Wildman–Crippen LogP) is 0.363. The van der Waals surface area contributed by atoms with Crippen LogP contribution in [0.3, 0.4) is 0 Å². The van der Waals surface area contributed by atoms with Gasteiger partial charge in [-0.25, -0.2) is 14.5 Å². The predicted molar refractivity (Wildman–Crippen MR) is 66.2 cm³/mol. The normalized spacial score (nSPS) is 17.8. The molecule has 1 aromatic rings. The molecule has 0 bridgehead atoms. The number of nitrogens with two attached hydrogens (primary N) is 1. The van der Waals surface area contributed by atoms with E-state index >= 15 is 0 Å². The third-order valence-electron chi connectivity index (χ3n) is 2.89. The van der Waals surface area contributed by atoms with Gasteiger partial charge in [-0.2, -0.15) is 0 Å². The van der Waals surface area contributed by atoms with Crippen LogP contribution in [0.15, 0.2) is 24.3 Å².